The molecule has 0 fully saturated rings. The molecule has 2 aromatic heterocycles. The SMILES string of the molecule is N#Cc1ccc(-c2ccc(-c3nc(-c4ccccc4)nc(-c4ccc5c(c4)oc4cccc(-c6ccccc6)c45)n3)cc2)c2ccccc12. The van der Waals surface area contributed by atoms with Crippen molar-refractivity contribution in [1.29, 1.82) is 5.26 Å². The van der Waals surface area contributed by atoms with Crippen LogP contribution in [0.4, 0.5) is 0 Å². The molecule has 0 atom stereocenters. The third-order valence-corrected chi connectivity index (χ3v) is 9.01. The minimum atomic E-state index is 0.566. The number of aromatic nitrogens is 3. The molecular weight excluding hydrogens is 601 g/mol. The Balaban J connectivity index is 1.16. The van der Waals surface area contributed by atoms with Crippen molar-refractivity contribution >= 4 is 32.7 Å². The first-order valence-electron chi connectivity index (χ1n) is 16.1. The van der Waals surface area contributed by atoms with E-state index >= 15 is 0 Å². The fourth-order valence-electron chi connectivity index (χ4n) is 6.62. The van der Waals surface area contributed by atoms with Gasteiger partial charge < -0.3 is 4.42 Å². The zero-order chi connectivity index (χ0) is 32.7. The minimum Gasteiger partial charge on any atom is -0.456 e. The average molecular weight is 627 g/mol. The van der Waals surface area contributed by atoms with Gasteiger partial charge in [0, 0.05) is 32.8 Å². The maximum absolute atomic E-state index is 9.63. The van der Waals surface area contributed by atoms with Crippen molar-refractivity contribution in [1.82, 2.24) is 15.0 Å². The summed E-state index contributed by atoms with van der Waals surface area (Å²) in [6.07, 6.45) is 0. The molecule has 2 heterocycles. The van der Waals surface area contributed by atoms with Crippen molar-refractivity contribution in [3.8, 4) is 62.5 Å². The standard InChI is InChI=1S/C44H26N4O/c45-27-33-23-24-35(37-15-8-7-14-34(33)37)29-18-20-31(21-19-29)43-46-42(30-12-5-2-6-13-30)47-44(48-43)32-22-25-38-40(26-32)49-39-17-9-16-36(41(38)39)28-10-3-1-4-11-28/h1-26H. The molecule has 0 saturated carbocycles. The molecule has 7 aromatic carbocycles. The van der Waals surface area contributed by atoms with Crippen molar-refractivity contribution in [2.75, 3.05) is 0 Å². The Morgan fingerprint density at radius 1 is 0.408 bits per heavy atom. The normalized spacial score (nSPS) is 11.2. The summed E-state index contributed by atoms with van der Waals surface area (Å²) in [5.74, 6) is 1.74. The van der Waals surface area contributed by atoms with Gasteiger partial charge in [-0.25, -0.2) is 15.0 Å². The lowest BCUT2D eigenvalue weighted by molar-refractivity contribution is 0.669. The van der Waals surface area contributed by atoms with E-state index in [1.54, 1.807) is 0 Å². The second-order valence-corrected chi connectivity index (χ2v) is 11.9. The smallest absolute Gasteiger partial charge is 0.164 e. The molecular formula is C44H26N4O. The third-order valence-electron chi connectivity index (χ3n) is 9.01. The molecule has 0 saturated heterocycles. The lowest BCUT2D eigenvalue weighted by atomic mass is 9.95. The molecule has 0 aliphatic carbocycles. The largest absolute Gasteiger partial charge is 0.456 e. The van der Waals surface area contributed by atoms with E-state index in [9.17, 15) is 5.26 Å². The number of benzene rings is 7. The van der Waals surface area contributed by atoms with E-state index in [0.29, 0.717) is 23.0 Å². The highest BCUT2D eigenvalue weighted by Crippen LogP contribution is 2.38. The Kier molecular flexibility index (Phi) is 6.78. The number of hydrogen-bond donors (Lipinski definition) is 0. The maximum atomic E-state index is 9.63. The fourth-order valence-corrected chi connectivity index (χ4v) is 6.62. The van der Waals surface area contributed by atoms with Gasteiger partial charge in [-0.05, 0) is 51.9 Å². The first-order valence-corrected chi connectivity index (χ1v) is 16.1. The quantitative estimate of drug-likeness (QED) is 0.190. The fraction of sp³-hybridized carbons (Fsp3) is 0. The highest BCUT2D eigenvalue weighted by atomic mass is 16.3. The molecule has 9 rings (SSSR count). The zero-order valence-electron chi connectivity index (χ0n) is 26.2. The Labute approximate surface area is 282 Å². The van der Waals surface area contributed by atoms with E-state index in [4.69, 9.17) is 19.4 Å². The monoisotopic (exact) mass is 626 g/mol. The predicted octanol–water partition coefficient (Wildman–Crippen LogP) is 11.1. The summed E-state index contributed by atoms with van der Waals surface area (Å²) < 4.78 is 6.42. The lowest BCUT2D eigenvalue weighted by Crippen LogP contribution is -2.00. The van der Waals surface area contributed by atoms with Crippen molar-refractivity contribution in [2.45, 2.75) is 0 Å². The summed E-state index contributed by atoms with van der Waals surface area (Å²) in [6, 6.07) is 55.2. The zero-order valence-corrected chi connectivity index (χ0v) is 26.2. The first kappa shape index (κ1) is 28.3. The topological polar surface area (TPSA) is 75.6 Å². The van der Waals surface area contributed by atoms with Crippen LogP contribution in [0.15, 0.2) is 162 Å². The van der Waals surface area contributed by atoms with E-state index in [2.05, 4.69) is 66.7 Å². The van der Waals surface area contributed by atoms with Crippen molar-refractivity contribution in [3.63, 3.8) is 0 Å². The van der Waals surface area contributed by atoms with Crippen LogP contribution in [-0.2, 0) is 0 Å². The number of fused-ring (bicyclic) bond motifs is 4. The van der Waals surface area contributed by atoms with Gasteiger partial charge in [-0.3, -0.25) is 0 Å². The van der Waals surface area contributed by atoms with E-state index < -0.39 is 0 Å². The molecule has 0 unspecified atom stereocenters. The van der Waals surface area contributed by atoms with Crippen LogP contribution in [0.3, 0.4) is 0 Å². The number of furan rings is 1. The molecule has 0 bridgehead atoms. The van der Waals surface area contributed by atoms with Gasteiger partial charge in [-0.1, -0.05) is 133 Å². The second kappa shape index (κ2) is 11.7. The molecule has 5 heteroatoms. The highest BCUT2D eigenvalue weighted by Gasteiger charge is 2.17. The number of nitrogens with zero attached hydrogens (tertiary/aromatic N) is 4. The number of hydrogen-bond acceptors (Lipinski definition) is 5. The summed E-state index contributed by atoms with van der Waals surface area (Å²) in [6.45, 7) is 0. The van der Waals surface area contributed by atoms with Gasteiger partial charge in [-0.2, -0.15) is 5.26 Å². The lowest BCUT2D eigenvalue weighted by Gasteiger charge is -2.11. The van der Waals surface area contributed by atoms with Crippen LogP contribution in [0.2, 0.25) is 0 Å². The van der Waals surface area contributed by atoms with Gasteiger partial charge in [0.2, 0.25) is 0 Å². The van der Waals surface area contributed by atoms with E-state index in [0.717, 1.165) is 71.7 Å². The number of nitriles is 1. The van der Waals surface area contributed by atoms with Crippen molar-refractivity contribution in [3.05, 3.63) is 163 Å². The van der Waals surface area contributed by atoms with E-state index in [-0.39, 0.29) is 0 Å². The van der Waals surface area contributed by atoms with Crippen LogP contribution in [0.5, 0.6) is 0 Å². The Morgan fingerprint density at radius 3 is 1.69 bits per heavy atom. The second-order valence-electron chi connectivity index (χ2n) is 11.9. The predicted molar refractivity (Wildman–Crippen MR) is 197 cm³/mol. The summed E-state index contributed by atoms with van der Waals surface area (Å²) in [5.41, 5.74) is 9.30. The van der Waals surface area contributed by atoms with Gasteiger partial charge in [-0.15, -0.1) is 0 Å². The average Bonchev–Trinajstić information content (AvgIpc) is 3.56. The van der Waals surface area contributed by atoms with Crippen LogP contribution < -0.4 is 0 Å². The molecule has 0 radical (unpaired) electrons. The summed E-state index contributed by atoms with van der Waals surface area (Å²) in [5, 5.41) is 13.8. The molecule has 0 aliphatic rings. The third kappa shape index (κ3) is 5.00. The van der Waals surface area contributed by atoms with Crippen LogP contribution in [-0.4, -0.2) is 15.0 Å². The maximum Gasteiger partial charge on any atom is 0.164 e. The van der Waals surface area contributed by atoms with Crippen LogP contribution in [0, 0.1) is 11.3 Å². The molecule has 49 heavy (non-hydrogen) atoms. The van der Waals surface area contributed by atoms with Crippen molar-refractivity contribution < 1.29 is 4.42 Å². The minimum absolute atomic E-state index is 0.566. The van der Waals surface area contributed by atoms with Gasteiger partial charge in [0.25, 0.3) is 0 Å². The van der Waals surface area contributed by atoms with Crippen molar-refractivity contribution in [2.24, 2.45) is 0 Å². The molecule has 228 valence electrons. The molecule has 5 nitrogen and oxygen atoms in total. The Bertz CT molecular complexity index is 2710. The molecule has 0 spiro atoms. The summed E-state index contributed by atoms with van der Waals surface area (Å²) >= 11 is 0. The molecule has 0 N–H and O–H groups in total. The summed E-state index contributed by atoms with van der Waals surface area (Å²) in [7, 11) is 0. The Morgan fingerprint density at radius 2 is 0.980 bits per heavy atom. The first-order chi connectivity index (χ1) is 24.2. The number of rotatable bonds is 5. The highest BCUT2D eigenvalue weighted by molar-refractivity contribution is 6.13. The van der Waals surface area contributed by atoms with E-state index in [1.807, 2.05) is 97.1 Å². The van der Waals surface area contributed by atoms with Gasteiger partial charge in [0.15, 0.2) is 17.5 Å². The van der Waals surface area contributed by atoms with Crippen LogP contribution in [0.1, 0.15) is 5.56 Å². The van der Waals surface area contributed by atoms with Gasteiger partial charge >= 0.3 is 0 Å². The molecule has 9 aromatic rings. The summed E-state index contributed by atoms with van der Waals surface area (Å²) in [4.78, 5) is 14.9. The molecule has 0 amide bonds. The van der Waals surface area contributed by atoms with Crippen LogP contribution >= 0.6 is 0 Å². The van der Waals surface area contributed by atoms with Gasteiger partial charge in [0.05, 0.1) is 11.6 Å². The molecule has 0 aliphatic heterocycles. The Hall–Kier alpha value is -6.90. The van der Waals surface area contributed by atoms with E-state index in [1.165, 1.54) is 0 Å². The van der Waals surface area contributed by atoms with Gasteiger partial charge in [0.1, 0.15) is 11.2 Å². The van der Waals surface area contributed by atoms with Crippen LogP contribution in [0.25, 0.3) is 89.1 Å².